The predicted octanol–water partition coefficient (Wildman–Crippen LogP) is 2.06. The van der Waals surface area contributed by atoms with Gasteiger partial charge in [-0.25, -0.2) is 12.7 Å². The Morgan fingerprint density at radius 1 is 1.07 bits per heavy atom. The van der Waals surface area contributed by atoms with Crippen molar-refractivity contribution >= 4 is 27.6 Å². The number of esters is 1. The monoisotopic (exact) mass is 420 g/mol. The van der Waals surface area contributed by atoms with Crippen molar-refractivity contribution in [1.82, 2.24) is 4.31 Å². The molecule has 1 N–H and O–H groups in total. The lowest BCUT2D eigenvalue weighted by Crippen LogP contribution is -2.23. The van der Waals surface area contributed by atoms with Gasteiger partial charge in [-0.05, 0) is 36.2 Å². The molecule has 0 aliphatic carbocycles. The molecule has 0 aromatic heterocycles. The first-order chi connectivity index (χ1) is 13.7. The number of para-hydroxylation sites is 1. The Morgan fingerprint density at radius 2 is 1.79 bits per heavy atom. The van der Waals surface area contributed by atoms with Gasteiger partial charge in [0.15, 0.2) is 6.61 Å². The Bertz CT molecular complexity index is 972. The molecule has 0 heterocycles. The maximum Gasteiger partial charge on any atom is 0.306 e. The van der Waals surface area contributed by atoms with Crippen LogP contribution in [-0.4, -0.2) is 52.4 Å². The number of hydrogen-bond donors (Lipinski definition) is 1. The number of carbonyl (C=O) groups is 2. The van der Waals surface area contributed by atoms with Crippen molar-refractivity contribution < 1.29 is 27.5 Å². The lowest BCUT2D eigenvalue weighted by Gasteiger charge is -2.13. The van der Waals surface area contributed by atoms with E-state index in [0.29, 0.717) is 17.9 Å². The fourth-order valence-corrected chi connectivity index (χ4v) is 3.45. The smallest absolute Gasteiger partial charge is 0.306 e. The molecule has 0 saturated heterocycles. The number of carbonyl (C=O) groups excluding carboxylic acids is 2. The second kappa shape index (κ2) is 10.0. The molecule has 0 unspecified atom stereocenters. The summed E-state index contributed by atoms with van der Waals surface area (Å²) >= 11 is 0. The van der Waals surface area contributed by atoms with Gasteiger partial charge in [-0.3, -0.25) is 9.59 Å². The van der Waals surface area contributed by atoms with E-state index >= 15 is 0 Å². The van der Waals surface area contributed by atoms with Crippen molar-refractivity contribution in [1.29, 1.82) is 0 Å². The van der Waals surface area contributed by atoms with Gasteiger partial charge in [0.2, 0.25) is 10.0 Å². The Balaban J connectivity index is 1.86. The minimum absolute atomic E-state index is 0.0501. The average molecular weight is 420 g/mol. The summed E-state index contributed by atoms with van der Waals surface area (Å²) in [6, 6.07) is 13.2. The second-order valence-corrected chi connectivity index (χ2v) is 8.49. The third-order valence-corrected chi connectivity index (χ3v) is 5.86. The van der Waals surface area contributed by atoms with E-state index in [0.717, 1.165) is 9.87 Å². The van der Waals surface area contributed by atoms with E-state index < -0.39 is 28.5 Å². The average Bonchev–Trinajstić information content (AvgIpc) is 2.71. The molecule has 2 aromatic carbocycles. The maximum absolute atomic E-state index is 12.2. The topological polar surface area (TPSA) is 102 Å². The molecule has 0 saturated carbocycles. The summed E-state index contributed by atoms with van der Waals surface area (Å²) in [4.78, 5) is 24.0. The minimum atomic E-state index is -3.61. The van der Waals surface area contributed by atoms with Gasteiger partial charge in [-0.1, -0.05) is 24.3 Å². The number of amides is 1. The van der Waals surface area contributed by atoms with Crippen LogP contribution in [0.5, 0.6) is 5.75 Å². The van der Waals surface area contributed by atoms with Crippen molar-refractivity contribution in [2.45, 2.75) is 17.7 Å². The third kappa shape index (κ3) is 6.30. The number of benzene rings is 2. The maximum atomic E-state index is 12.2. The molecule has 2 aromatic rings. The van der Waals surface area contributed by atoms with Gasteiger partial charge in [0.25, 0.3) is 5.91 Å². The largest absolute Gasteiger partial charge is 0.496 e. The number of nitrogens with one attached hydrogen (secondary N) is 1. The molecule has 2 rings (SSSR count). The van der Waals surface area contributed by atoms with E-state index in [1.165, 1.54) is 32.3 Å². The van der Waals surface area contributed by atoms with Crippen molar-refractivity contribution in [3.8, 4) is 5.75 Å². The minimum Gasteiger partial charge on any atom is -0.496 e. The quantitative estimate of drug-likeness (QED) is 0.623. The summed E-state index contributed by atoms with van der Waals surface area (Å²) in [6.45, 7) is -0.463. The van der Waals surface area contributed by atoms with Crippen LogP contribution in [0.3, 0.4) is 0 Å². The van der Waals surface area contributed by atoms with Crippen LogP contribution in [0.1, 0.15) is 12.0 Å². The lowest BCUT2D eigenvalue weighted by atomic mass is 10.1. The van der Waals surface area contributed by atoms with Crippen molar-refractivity contribution in [3.05, 3.63) is 54.1 Å². The van der Waals surface area contributed by atoms with E-state index in [9.17, 15) is 18.0 Å². The fourth-order valence-electron chi connectivity index (χ4n) is 2.51. The molecule has 8 nitrogen and oxygen atoms in total. The number of sulfonamides is 1. The molecule has 0 spiro atoms. The Hall–Kier alpha value is -2.91. The number of aryl methyl sites for hydroxylation is 1. The Morgan fingerprint density at radius 3 is 2.48 bits per heavy atom. The van der Waals surface area contributed by atoms with E-state index in [2.05, 4.69) is 5.32 Å². The van der Waals surface area contributed by atoms with Crippen molar-refractivity contribution in [2.24, 2.45) is 0 Å². The molecule has 9 heteroatoms. The van der Waals surface area contributed by atoms with Gasteiger partial charge in [0.1, 0.15) is 5.75 Å². The predicted molar refractivity (Wildman–Crippen MR) is 108 cm³/mol. The van der Waals surface area contributed by atoms with Gasteiger partial charge in [-0.2, -0.15) is 0 Å². The molecule has 0 radical (unpaired) electrons. The zero-order chi connectivity index (χ0) is 21.4. The van der Waals surface area contributed by atoms with Gasteiger partial charge < -0.3 is 14.8 Å². The third-order valence-electron chi connectivity index (χ3n) is 4.05. The number of ether oxygens (including phenoxy) is 2. The van der Waals surface area contributed by atoms with E-state index in [1.807, 2.05) is 18.2 Å². The van der Waals surface area contributed by atoms with Gasteiger partial charge in [-0.15, -0.1) is 0 Å². The number of methoxy groups -OCH3 is 1. The highest BCUT2D eigenvalue weighted by atomic mass is 32.2. The summed E-state index contributed by atoms with van der Waals surface area (Å²) < 4.78 is 35.6. The van der Waals surface area contributed by atoms with Crippen LogP contribution in [0.2, 0.25) is 0 Å². The second-order valence-electron chi connectivity index (χ2n) is 6.34. The number of rotatable bonds is 9. The normalized spacial score (nSPS) is 11.2. The summed E-state index contributed by atoms with van der Waals surface area (Å²) in [5.74, 6) is -0.393. The van der Waals surface area contributed by atoms with E-state index in [4.69, 9.17) is 9.47 Å². The molecular weight excluding hydrogens is 396 g/mol. The molecular formula is C20H24N2O6S. The molecule has 0 aliphatic heterocycles. The van der Waals surface area contributed by atoms with Crippen LogP contribution < -0.4 is 10.1 Å². The lowest BCUT2D eigenvalue weighted by molar-refractivity contribution is -0.147. The first-order valence-electron chi connectivity index (χ1n) is 8.84. The summed E-state index contributed by atoms with van der Waals surface area (Å²) in [5.41, 5.74) is 1.17. The number of anilines is 1. The van der Waals surface area contributed by atoms with Crippen LogP contribution in [-0.2, 0) is 30.8 Å². The fraction of sp³-hybridized carbons (Fsp3) is 0.300. The van der Waals surface area contributed by atoms with Crippen molar-refractivity contribution in [2.75, 3.05) is 33.1 Å². The molecule has 0 bridgehead atoms. The molecule has 0 fully saturated rings. The first-order valence-corrected chi connectivity index (χ1v) is 10.3. The van der Waals surface area contributed by atoms with Gasteiger partial charge >= 0.3 is 5.97 Å². The number of nitrogens with zero attached hydrogens (tertiary/aromatic N) is 1. The summed E-state index contributed by atoms with van der Waals surface area (Å²) in [5, 5.41) is 2.52. The van der Waals surface area contributed by atoms with Crippen LogP contribution >= 0.6 is 0 Å². The summed E-state index contributed by atoms with van der Waals surface area (Å²) in [6.07, 6.45) is 0.527. The van der Waals surface area contributed by atoms with Crippen LogP contribution in [0, 0.1) is 0 Å². The molecule has 29 heavy (non-hydrogen) atoms. The SMILES string of the molecule is COc1ccccc1CCC(=O)OCC(=O)Nc1cccc(S(=O)(=O)N(C)C)c1. The molecule has 0 atom stereocenters. The van der Waals surface area contributed by atoms with Gasteiger partial charge in [0.05, 0.1) is 12.0 Å². The van der Waals surface area contributed by atoms with Crippen LogP contribution in [0.4, 0.5) is 5.69 Å². The molecule has 0 aliphatic rings. The zero-order valence-electron chi connectivity index (χ0n) is 16.5. The van der Waals surface area contributed by atoms with Crippen molar-refractivity contribution in [3.63, 3.8) is 0 Å². The highest BCUT2D eigenvalue weighted by molar-refractivity contribution is 7.89. The zero-order valence-corrected chi connectivity index (χ0v) is 17.4. The summed E-state index contributed by atoms with van der Waals surface area (Å²) in [7, 11) is 0.785. The van der Waals surface area contributed by atoms with Gasteiger partial charge in [0, 0.05) is 26.2 Å². The standard InChI is InChI=1S/C20H24N2O6S/c1-22(2)29(25,26)17-9-6-8-16(13-17)21-19(23)14-28-20(24)12-11-15-7-4-5-10-18(15)27-3/h4-10,13H,11-12,14H2,1-3H3,(H,21,23). The van der Waals surface area contributed by atoms with E-state index in [-0.39, 0.29) is 11.3 Å². The highest BCUT2D eigenvalue weighted by Crippen LogP contribution is 2.19. The Labute approximate surface area is 170 Å². The first kappa shape index (κ1) is 22.4. The van der Waals surface area contributed by atoms with Crippen LogP contribution in [0.15, 0.2) is 53.4 Å². The van der Waals surface area contributed by atoms with Crippen LogP contribution in [0.25, 0.3) is 0 Å². The molecule has 156 valence electrons. The number of hydrogen-bond acceptors (Lipinski definition) is 6. The molecule has 1 amide bonds. The Kier molecular flexibility index (Phi) is 7.74. The highest BCUT2D eigenvalue weighted by Gasteiger charge is 2.18. The van der Waals surface area contributed by atoms with E-state index in [1.54, 1.807) is 19.2 Å².